The fourth-order valence-corrected chi connectivity index (χ4v) is 5.94. The first kappa shape index (κ1) is 29.3. The van der Waals surface area contributed by atoms with E-state index in [1.165, 1.54) is 6.07 Å². The second kappa shape index (κ2) is 12.0. The first-order valence-electron chi connectivity index (χ1n) is 14.3. The molecule has 1 aliphatic rings. The second-order valence-corrected chi connectivity index (χ2v) is 18.2. The van der Waals surface area contributed by atoms with Crippen LogP contribution in [-0.4, -0.2) is 64.6 Å². The van der Waals surface area contributed by atoms with Crippen LogP contribution in [0, 0.1) is 11.7 Å². The number of piperidine rings is 1. The average Bonchev–Trinajstić information content (AvgIpc) is 3.40. The van der Waals surface area contributed by atoms with Gasteiger partial charge in [0.2, 0.25) is 0 Å². The molecule has 0 aliphatic carbocycles. The summed E-state index contributed by atoms with van der Waals surface area (Å²) in [4.78, 5) is 11.5. The maximum Gasteiger partial charge on any atom is 0.147 e. The number of hydrogen-bond acceptors (Lipinski definition) is 7. The molecule has 10 heteroatoms. The van der Waals surface area contributed by atoms with Gasteiger partial charge in [-0.1, -0.05) is 25.7 Å². The van der Waals surface area contributed by atoms with Gasteiger partial charge < -0.3 is 20.1 Å². The van der Waals surface area contributed by atoms with Crippen LogP contribution >= 0.6 is 0 Å². The Bertz CT molecular complexity index is 1490. The second-order valence-electron chi connectivity index (χ2n) is 12.6. The summed E-state index contributed by atoms with van der Waals surface area (Å²) in [6.45, 7) is 11.8. The first-order chi connectivity index (χ1) is 19.5. The largest absolute Gasteiger partial charge is 0.384 e. The molecule has 1 aliphatic heterocycles. The Morgan fingerprint density at radius 2 is 1.90 bits per heavy atom. The van der Waals surface area contributed by atoms with Gasteiger partial charge in [0.15, 0.2) is 0 Å². The van der Waals surface area contributed by atoms with Crippen molar-refractivity contribution in [1.29, 1.82) is 0 Å². The Hall–Kier alpha value is -3.18. The summed E-state index contributed by atoms with van der Waals surface area (Å²) in [6, 6.07) is 13.6. The molecule has 5 rings (SSSR count). The molecular formula is C31H41FN6O2Si. The lowest BCUT2D eigenvalue weighted by atomic mass is 9.79. The van der Waals surface area contributed by atoms with Crippen LogP contribution in [0.3, 0.4) is 0 Å². The third kappa shape index (κ3) is 7.18. The summed E-state index contributed by atoms with van der Waals surface area (Å²) in [5.41, 5.74) is 1.99. The molecule has 1 fully saturated rings. The normalized spacial score (nSPS) is 16.7. The van der Waals surface area contributed by atoms with Crippen LogP contribution in [0.15, 0.2) is 54.9 Å². The number of aliphatic hydroxyl groups is 1. The molecule has 8 nitrogen and oxygen atoms in total. The zero-order chi connectivity index (χ0) is 29.2. The summed E-state index contributed by atoms with van der Waals surface area (Å²) in [5, 5.41) is 19.9. The Kier molecular flexibility index (Phi) is 8.56. The van der Waals surface area contributed by atoms with Gasteiger partial charge in [-0.15, -0.1) is 0 Å². The molecule has 0 radical (unpaired) electrons. The predicted octanol–water partition coefficient (Wildman–Crippen LogP) is 6.24. The summed E-state index contributed by atoms with van der Waals surface area (Å²) in [6.07, 6.45) is 5.41. The van der Waals surface area contributed by atoms with Crippen LogP contribution in [-0.2, 0) is 17.1 Å². The van der Waals surface area contributed by atoms with E-state index in [2.05, 4.69) is 47.0 Å². The molecule has 41 heavy (non-hydrogen) atoms. The Balaban J connectivity index is 1.27. The van der Waals surface area contributed by atoms with Crippen molar-refractivity contribution in [2.24, 2.45) is 5.92 Å². The molecule has 0 amide bonds. The van der Waals surface area contributed by atoms with Gasteiger partial charge in [-0.3, -0.25) is 0 Å². The van der Waals surface area contributed by atoms with Crippen molar-refractivity contribution in [2.45, 2.75) is 57.8 Å². The van der Waals surface area contributed by atoms with Gasteiger partial charge >= 0.3 is 0 Å². The van der Waals surface area contributed by atoms with Crippen molar-refractivity contribution in [2.75, 3.05) is 32.1 Å². The van der Waals surface area contributed by atoms with Crippen molar-refractivity contribution in [1.82, 2.24) is 24.6 Å². The number of aromatic nitrogens is 4. The van der Waals surface area contributed by atoms with Gasteiger partial charge in [0, 0.05) is 44.1 Å². The summed E-state index contributed by atoms with van der Waals surface area (Å²) in [7, 11) is 0.972. The van der Waals surface area contributed by atoms with E-state index in [0.29, 0.717) is 40.7 Å². The lowest BCUT2D eigenvalue weighted by molar-refractivity contribution is -0.0334. The third-order valence-corrected chi connectivity index (χ3v) is 9.70. The van der Waals surface area contributed by atoms with Crippen molar-refractivity contribution in [3.05, 3.63) is 66.4 Å². The highest BCUT2D eigenvalue weighted by Gasteiger charge is 2.36. The standard InChI is InChI=1S/C31H41FN6O2Si/c1-31(39,24-10-13-37(2)14-11-24)29-9-7-23-20-33-30(19-28(23)34-29)35-27-8-6-22(18-25(27)32)26-12-15-38(36-26)21-40-16-17-41(3,4)5/h6-9,12,15,18-20,24,39H,10-11,13-14,16-17,21H2,1-5H3,(H,33,35)/t31-/m1/s1. The zero-order valence-electron chi connectivity index (χ0n) is 24.7. The molecule has 4 aromatic rings. The molecule has 1 atom stereocenters. The molecule has 0 unspecified atom stereocenters. The SMILES string of the molecule is CN1CCC([C@@](C)(O)c2ccc3cnc(Nc4ccc(-c5ccn(COCC[Si](C)(C)C)n5)cc4F)cc3n2)CC1. The molecule has 0 bridgehead atoms. The molecular weight excluding hydrogens is 535 g/mol. The summed E-state index contributed by atoms with van der Waals surface area (Å²) in [5.74, 6) is 0.217. The Labute approximate surface area is 242 Å². The van der Waals surface area contributed by atoms with Crippen LogP contribution in [0.2, 0.25) is 25.7 Å². The van der Waals surface area contributed by atoms with E-state index in [1.807, 2.05) is 37.4 Å². The zero-order valence-corrected chi connectivity index (χ0v) is 25.7. The average molecular weight is 577 g/mol. The van der Waals surface area contributed by atoms with E-state index >= 15 is 4.39 Å². The van der Waals surface area contributed by atoms with Gasteiger partial charge in [-0.25, -0.2) is 19.0 Å². The summed E-state index contributed by atoms with van der Waals surface area (Å²) < 4.78 is 22.7. The number of rotatable bonds is 10. The quantitative estimate of drug-likeness (QED) is 0.171. The minimum absolute atomic E-state index is 0.143. The van der Waals surface area contributed by atoms with E-state index < -0.39 is 19.5 Å². The highest BCUT2D eigenvalue weighted by Crippen LogP contribution is 2.36. The first-order valence-corrected chi connectivity index (χ1v) is 18.0. The maximum atomic E-state index is 15.2. The fourth-order valence-electron chi connectivity index (χ4n) is 5.18. The van der Waals surface area contributed by atoms with Crippen molar-refractivity contribution in [3.63, 3.8) is 0 Å². The van der Waals surface area contributed by atoms with Crippen molar-refractivity contribution >= 4 is 30.5 Å². The number of benzene rings is 1. The van der Waals surface area contributed by atoms with Gasteiger partial charge in [0.1, 0.15) is 24.0 Å². The smallest absolute Gasteiger partial charge is 0.147 e. The molecule has 218 valence electrons. The number of fused-ring (bicyclic) bond motifs is 1. The van der Waals surface area contributed by atoms with E-state index in [1.54, 1.807) is 23.0 Å². The van der Waals surface area contributed by atoms with Gasteiger partial charge in [-0.05, 0) is 82.2 Å². The van der Waals surface area contributed by atoms with Crippen LogP contribution < -0.4 is 5.32 Å². The highest BCUT2D eigenvalue weighted by molar-refractivity contribution is 6.76. The third-order valence-electron chi connectivity index (χ3n) is 7.99. The van der Waals surface area contributed by atoms with E-state index in [-0.39, 0.29) is 5.92 Å². The fraction of sp³-hybridized carbons (Fsp3) is 0.452. The predicted molar refractivity (Wildman–Crippen MR) is 164 cm³/mol. The number of nitrogens with zero attached hydrogens (tertiary/aromatic N) is 5. The maximum absolute atomic E-state index is 15.2. The van der Waals surface area contributed by atoms with E-state index in [9.17, 15) is 5.11 Å². The van der Waals surface area contributed by atoms with Crippen LogP contribution in [0.25, 0.3) is 22.2 Å². The Morgan fingerprint density at radius 1 is 1.12 bits per heavy atom. The molecule has 0 saturated carbocycles. The molecule has 1 aromatic carbocycles. The number of nitrogens with one attached hydrogen (secondary N) is 1. The number of anilines is 2. The van der Waals surface area contributed by atoms with Gasteiger partial charge in [0.05, 0.1) is 22.6 Å². The van der Waals surface area contributed by atoms with Crippen LogP contribution in [0.1, 0.15) is 25.5 Å². The van der Waals surface area contributed by atoms with E-state index in [4.69, 9.17) is 9.72 Å². The van der Waals surface area contributed by atoms with Crippen molar-refractivity contribution in [3.8, 4) is 11.3 Å². The number of ether oxygens (including phenoxy) is 1. The van der Waals surface area contributed by atoms with Gasteiger partial charge in [0.25, 0.3) is 0 Å². The lowest BCUT2D eigenvalue weighted by Crippen LogP contribution is -2.41. The van der Waals surface area contributed by atoms with Gasteiger partial charge in [-0.2, -0.15) is 5.10 Å². The number of halogens is 1. The Morgan fingerprint density at radius 3 is 2.63 bits per heavy atom. The summed E-state index contributed by atoms with van der Waals surface area (Å²) >= 11 is 0. The highest BCUT2D eigenvalue weighted by atomic mass is 28.3. The minimum atomic E-state index is -1.14. The van der Waals surface area contributed by atoms with Crippen LogP contribution in [0.4, 0.5) is 15.9 Å². The lowest BCUT2D eigenvalue weighted by Gasteiger charge is -2.38. The number of pyridine rings is 2. The number of hydrogen-bond donors (Lipinski definition) is 2. The van der Waals surface area contributed by atoms with Crippen molar-refractivity contribution < 1.29 is 14.2 Å². The number of likely N-dealkylation sites (tertiary alicyclic amines) is 1. The molecule has 0 spiro atoms. The monoisotopic (exact) mass is 576 g/mol. The van der Waals surface area contributed by atoms with E-state index in [0.717, 1.165) is 44.0 Å². The van der Waals surface area contributed by atoms with Crippen LogP contribution in [0.5, 0.6) is 0 Å². The molecule has 3 aromatic heterocycles. The topological polar surface area (TPSA) is 88.3 Å². The molecule has 4 heterocycles. The minimum Gasteiger partial charge on any atom is -0.384 e. The molecule has 1 saturated heterocycles. The molecule has 2 N–H and O–H groups in total.